The highest BCUT2D eigenvalue weighted by Crippen LogP contribution is 2.30. The first-order valence-electron chi connectivity index (χ1n) is 9.28. The van der Waals surface area contributed by atoms with Crippen molar-refractivity contribution in [3.63, 3.8) is 0 Å². The van der Waals surface area contributed by atoms with Gasteiger partial charge in [-0.15, -0.1) is 0 Å². The second-order valence-electron chi connectivity index (χ2n) is 7.07. The number of piperidine rings is 1. The van der Waals surface area contributed by atoms with E-state index < -0.39 is 0 Å². The monoisotopic (exact) mass is 385 g/mol. The minimum Gasteiger partial charge on any atom is -0.497 e. The molecule has 2 aromatic heterocycles. The summed E-state index contributed by atoms with van der Waals surface area (Å²) in [5.41, 5.74) is 1.92. The van der Waals surface area contributed by atoms with Crippen molar-refractivity contribution in [2.45, 2.75) is 38.4 Å². The Bertz CT molecular complexity index is 916. The lowest BCUT2D eigenvalue weighted by Gasteiger charge is -2.28. The summed E-state index contributed by atoms with van der Waals surface area (Å²) in [6.45, 7) is 3.76. The minimum absolute atomic E-state index is 0.338. The number of hydrogen-bond acceptors (Lipinski definition) is 5. The third-order valence-electron chi connectivity index (χ3n) is 5.08. The van der Waals surface area contributed by atoms with E-state index in [-0.39, 0.29) is 0 Å². The largest absolute Gasteiger partial charge is 0.497 e. The van der Waals surface area contributed by atoms with E-state index in [0.717, 1.165) is 47.6 Å². The Kier molecular flexibility index (Phi) is 5.18. The van der Waals surface area contributed by atoms with Crippen molar-refractivity contribution in [2.24, 2.45) is 0 Å². The van der Waals surface area contributed by atoms with Crippen LogP contribution in [0.3, 0.4) is 0 Å². The lowest BCUT2D eigenvalue weighted by Crippen LogP contribution is -2.43. The van der Waals surface area contributed by atoms with Crippen molar-refractivity contribution in [2.75, 3.05) is 19.0 Å². The molecule has 0 aliphatic carbocycles. The maximum absolute atomic E-state index is 6.49. The van der Waals surface area contributed by atoms with E-state index in [1.165, 1.54) is 0 Å². The van der Waals surface area contributed by atoms with Crippen LogP contribution in [0, 0.1) is 0 Å². The first-order chi connectivity index (χ1) is 13.1. The molecule has 3 aromatic rings. The summed E-state index contributed by atoms with van der Waals surface area (Å²) in [4.78, 5) is 4.53. The van der Waals surface area contributed by atoms with Gasteiger partial charge >= 0.3 is 0 Å². The van der Waals surface area contributed by atoms with Gasteiger partial charge in [-0.1, -0.05) is 23.7 Å². The maximum Gasteiger partial charge on any atom is 0.161 e. The molecule has 1 aromatic carbocycles. The van der Waals surface area contributed by atoms with Crippen molar-refractivity contribution in [3.05, 3.63) is 47.1 Å². The lowest BCUT2D eigenvalue weighted by molar-refractivity contribution is 0.398. The maximum atomic E-state index is 6.49. The summed E-state index contributed by atoms with van der Waals surface area (Å²) >= 11 is 6.49. The molecule has 6 nitrogen and oxygen atoms in total. The van der Waals surface area contributed by atoms with Crippen LogP contribution in [0.2, 0.25) is 5.02 Å². The number of fused-ring (bicyclic) bond motifs is 1. The molecule has 1 aliphatic heterocycles. The second kappa shape index (κ2) is 7.74. The number of methoxy groups -OCH3 is 1. The van der Waals surface area contributed by atoms with Crippen LogP contribution in [0.5, 0.6) is 5.75 Å². The van der Waals surface area contributed by atoms with E-state index in [1.807, 2.05) is 35.0 Å². The Morgan fingerprint density at radius 1 is 1.26 bits per heavy atom. The van der Waals surface area contributed by atoms with E-state index in [1.54, 1.807) is 13.3 Å². The van der Waals surface area contributed by atoms with Crippen LogP contribution in [0.1, 0.15) is 25.3 Å². The van der Waals surface area contributed by atoms with Crippen molar-refractivity contribution < 1.29 is 4.74 Å². The van der Waals surface area contributed by atoms with Crippen LogP contribution in [0.25, 0.3) is 11.0 Å². The van der Waals surface area contributed by atoms with Crippen LogP contribution in [-0.4, -0.2) is 40.5 Å². The Hall–Kier alpha value is -2.31. The number of aromatic nitrogens is 3. The highest BCUT2D eigenvalue weighted by molar-refractivity contribution is 6.36. The standard InChI is InChI=1S/C20H24ClN5O/c1-13-3-6-15(11-23-13)24-19-18-17(21)9-10-22-20(18)26(25-19)12-14-4-7-16(27-2)8-5-14/h4-5,7-10,13,15,23H,3,6,11-12H2,1-2H3,(H,24,25)/t13-,15+/m0/s1. The quantitative estimate of drug-likeness (QED) is 0.701. The van der Waals surface area contributed by atoms with Gasteiger partial charge in [-0.05, 0) is 43.5 Å². The first-order valence-corrected chi connectivity index (χ1v) is 9.65. The topological polar surface area (TPSA) is 64.0 Å². The number of hydrogen-bond donors (Lipinski definition) is 2. The van der Waals surface area contributed by atoms with Crippen molar-refractivity contribution in [1.82, 2.24) is 20.1 Å². The van der Waals surface area contributed by atoms with Gasteiger partial charge in [0.25, 0.3) is 0 Å². The molecule has 0 radical (unpaired) electrons. The molecule has 1 saturated heterocycles. The van der Waals surface area contributed by atoms with Crippen molar-refractivity contribution in [3.8, 4) is 5.75 Å². The average Bonchev–Trinajstić information content (AvgIpc) is 3.03. The molecule has 142 valence electrons. The lowest BCUT2D eigenvalue weighted by atomic mass is 10.0. The fourth-order valence-corrected chi connectivity index (χ4v) is 3.72. The number of anilines is 1. The second-order valence-corrected chi connectivity index (χ2v) is 7.48. The van der Waals surface area contributed by atoms with E-state index in [2.05, 4.69) is 22.5 Å². The van der Waals surface area contributed by atoms with Crippen molar-refractivity contribution in [1.29, 1.82) is 0 Å². The predicted molar refractivity (Wildman–Crippen MR) is 109 cm³/mol. The zero-order chi connectivity index (χ0) is 18.8. The molecule has 2 N–H and O–H groups in total. The number of halogens is 1. The number of benzene rings is 1. The molecule has 1 aliphatic rings. The third-order valence-corrected chi connectivity index (χ3v) is 5.39. The SMILES string of the molecule is COc1ccc(Cn2nc(N[C@@H]3CC[C@H](C)NC3)c3c(Cl)ccnc32)cc1. The summed E-state index contributed by atoms with van der Waals surface area (Å²) in [6.07, 6.45) is 3.98. The molecule has 2 atom stereocenters. The molecule has 0 bridgehead atoms. The molecule has 0 spiro atoms. The Labute approximate surface area is 163 Å². The van der Waals surface area contributed by atoms with E-state index in [4.69, 9.17) is 21.4 Å². The summed E-state index contributed by atoms with van der Waals surface area (Å²) in [5, 5.41) is 13.4. The van der Waals surface area contributed by atoms with Gasteiger partial charge in [-0.2, -0.15) is 5.10 Å². The van der Waals surface area contributed by atoms with Crippen LogP contribution in [0.15, 0.2) is 36.5 Å². The van der Waals surface area contributed by atoms with Gasteiger partial charge in [0.05, 0.1) is 24.1 Å². The number of nitrogens with one attached hydrogen (secondary N) is 2. The molecular formula is C20H24ClN5O. The normalized spacial score (nSPS) is 20.0. The van der Waals surface area contributed by atoms with E-state index in [9.17, 15) is 0 Å². The highest BCUT2D eigenvalue weighted by atomic mass is 35.5. The molecular weight excluding hydrogens is 362 g/mol. The third kappa shape index (κ3) is 3.87. The average molecular weight is 386 g/mol. The molecule has 0 amide bonds. The van der Waals surface area contributed by atoms with Gasteiger partial charge in [0.1, 0.15) is 5.75 Å². The van der Waals surface area contributed by atoms with Gasteiger partial charge in [0.2, 0.25) is 0 Å². The molecule has 27 heavy (non-hydrogen) atoms. The van der Waals surface area contributed by atoms with Crippen LogP contribution in [0.4, 0.5) is 5.82 Å². The van der Waals surface area contributed by atoms with Crippen molar-refractivity contribution >= 4 is 28.5 Å². The molecule has 1 fully saturated rings. The van der Waals surface area contributed by atoms with Crippen LogP contribution in [-0.2, 0) is 6.54 Å². The van der Waals surface area contributed by atoms with Gasteiger partial charge in [0, 0.05) is 24.8 Å². The van der Waals surface area contributed by atoms with E-state index in [0.29, 0.717) is 23.7 Å². The first kappa shape index (κ1) is 18.1. The summed E-state index contributed by atoms with van der Waals surface area (Å²) < 4.78 is 7.14. The Balaban J connectivity index is 1.63. The van der Waals surface area contributed by atoms with Crippen LogP contribution >= 0.6 is 11.6 Å². The molecule has 0 unspecified atom stereocenters. The fourth-order valence-electron chi connectivity index (χ4n) is 3.49. The fraction of sp³-hybridized carbons (Fsp3) is 0.400. The number of rotatable bonds is 5. The van der Waals surface area contributed by atoms with Gasteiger partial charge in [-0.3, -0.25) is 0 Å². The summed E-state index contributed by atoms with van der Waals surface area (Å²) in [6, 6.07) is 10.7. The van der Waals surface area contributed by atoms with E-state index >= 15 is 0 Å². The number of pyridine rings is 1. The summed E-state index contributed by atoms with van der Waals surface area (Å²) in [7, 11) is 1.67. The molecule has 3 heterocycles. The van der Waals surface area contributed by atoms with Crippen LogP contribution < -0.4 is 15.4 Å². The summed E-state index contributed by atoms with van der Waals surface area (Å²) in [5.74, 6) is 1.64. The van der Waals surface area contributed by atoms with Gasteiger partial charge in [-0.25, -0.2) is 9.67 Å². The molecule has 7 heteroatoms. The highest BCUT2D eigenvalue weighted by Gasteiger charge is 2.21. The predicted octanol–water partition coefficient (Wildman–Crippen LogP) is 3.69. The van der Waals surface area contributed by atoms with Gasteiger partial charge < -0.3 is 15.4 Å². The number of ether oxygens (including phenoxy) is 1. The molecule has 4 rings (SSSR count). The number of nitrogens with zero attached hydrogens (tertiary/aromatic N) is 3. The smallest absolute Gasteiger partial charge is 0.161 e. The van der Waals surface area contributed by atoms with Gasteiger partial charge in [0.15, 0.2) is 11.5 Å². The zero-order valence-corrected chi connectivity index (χ0v) is 16.3. The zero-order valence-electron chi connectivity index (χ0n) is 15.6. The molecule has 0 saturated carbocycles. The Morgan fingerprint density at radius 3 is 2.78 bits per heavy atom. The Morgan fingerprint density at radius 2 is 2.07 bits per heavy atom. The minimum atomic E-state index is 0.338.